The first-order chi connectivity index (χ1) is 8.25. The zero-order chi connectivity index (χ0) is 11.8. The Morgan fingerprint density at radius 3 is 2.76 bits per heavy atom. The molecule has 3 rings (SSSR count). The Bertz CT molecular complexity index is 681. The third kappa shape index (κ3) is 1.56. The van der Waals surface area contributed by atoms with Crippen molar-refractivity contribution < 1.29 is 0 Å². The van der Waals surface area contributed by atoms with Gasteiger partial charge in [-0.15, -0.1) is 0 Å². The van der Waals surface area contributed by atoms with Gasteiger partial charge in [0.1, 0.15) is 11.8 Å². The molecule has 3 heterocycles. The molecule has 0 fully saturated rings. The van der Waals surface area contributed by atoms with Crippen molar-refractivity contribution in [1.82, 2.24) is 24.7 Å². The lowest BCUT2D eigenvalue weighted by atomic mass is 10.3. The van der Waals surface area contributed by atoms with E-state index in [0.717, 1.165) is 28.2 Å². The highest BCUT2D eigenvalue weighted by atomic mass is 15.3. The first kappa shape index (κ1) is 9.89. The second kappa shape index (κ2) is 3.62. The topological polar surface area (TPSA) is 56.5 Å². The van der Waals surface area contributed by atoms with Crippen LogP contribution in [0.2, 0.25) is 0 Å². The Morgan fingerprint density at radius 2 is 2.00 bits per heavy atom. The molecule has 0 aromatic carbocycles. The maximum absolute atomic E-state index is 4.42. The van der Waals surface area contributed by atoms with Crippen LogP contribution in [0, 0.1) is 13.8 Å². The van der Waals surface area contributed by atoms with Crippen LogP contribution in [-0.2, 0) is 0 Å². The molecule has 0 aliphatic rings. The van der Waals surface area contributed by atoms with Crippen molar-refractivity contribution in [2.75, 3.05) is 0 Å². The van der Waals surface area contributed by atoms with Crippen LogP contribution < -0.4 is 0 Å². The smallest absolute Gasteiger partial charge is 0.183 e. The summed E-state index contributed by atoms with van der Waals surface area (Å²) in [6.07, 6.45) is 3.27. The van der Waals surface area contributed by atoms with Crippen LogP contribution in [0.1, 0.15) is 11.4 Å². The van der Waals surface area contributed by atoms with E-state index in [1.807, 2.05) is 32.0 Å². The fraction of sp³-hybridized carbons (Fsp3) is 0.167. The second-order valence-corrected chi connectivity index (χ2v) is 3.91. The molecular weight excluding hydrogens is 214 g/mol. The molecule has 0 atom stereocenters. The first-order valence-electron chi connectivity index (χ1n) is 5.35. The predicted octanol–water partition coefficient (Wildman–Crippen LogP) is 1.83. The minimum absolute atomic E-state index is 0.723. The SMILES string of the molecule is Cc1cc(C)n(-c2ncnc3cccnc23)n1. The summed E-state index contributed by atoms with van der Waals surface area (Å²) >= 11 is 0. The lowest BCUT2D eigenvalue weighted by Gasteiger charge is -2.05. The highest BCUT2D eigenvalue weighted by molar-refractivity contribution is 5.80. The van der Waals surface area contributed by atoms with Gasteiger partial charge in [-0.25, -0.2) is 14.6 Å². The van der Waals surface area contributed by atoms with Crippen LogP contribution in [0.5, 0.6) is 0 Å². The molecule has 0 aliphatic heterocycles. The fourth-order valence-corrected chi connectivity index (χ4v) is 1.88. The van der Waals surface area contributed by atoms with E-state index in [1.54, 1.807) is 10.9 Å². The van der Waals surface area contributed by atoms with Crippen LogP contribution >= 0.6 is 0 Å². The summed E-state index contributed by atoms with van der Waals surface area (Å²) in [4.78, 5) is 12.8. The number of rotatable bonds is 1. The summed E-state index contributed by atoms with van der Waals surface area (Å²) in [6.45, 7) is 3.96. The van der Waals surface area contributed by atoms with E-state index in [1.165, 1.54) is 6.33 Å². The van der Waals surface area contributed by atoms with Gasteiger partial charge < -0.3 is 0 Å². The Labute approximate surface area is 98.2 Å². The molecule has 0 saturated carbocycles. The van der Waals surface area contributed by atoms with E-state index in [4.69, 9.17) is 0 Å². The summed E-state index contributed by atoms with van der Waals surface area (Å²) in [5.41, 5.74) is 3.59. The summed E-state index contributed by atoms with van der Waals surface area (Å²) in [7, 11) is 0. The van der Waals surface area contributed by atoms with Crippen LogP contribution in [0.15, 0.2) is 30.7 Å². The number of aromatic nitrogens is 5. The largest absolute Gasteiger partial charge is 0.251 e. The maximum Gasteiger partial charge on any atom is 0.183 e. The van der Waals surface area contributed by atoms with Crippen molar-refractivity contribution in [3.05, 3.63) is 42.1 Å². The van der Waals surface area contributed by atoms with Gasteiger partial charge in [0.15, 0.2) is 5.82 Å². The molecule has 0 aliphatic carbocycles. The van der Waals surface area contributed by atoms with Gasteiger partial charge in [-0.2, -0.15) is 5.10 Å². The van der Waals surface area contributed by atoms with Crippen molar-refractivity contribution in [3.63, 3.8) is 0 Å². The van der Waals surface area contributed by atoms with E-state index >= 15 is 0 Å². The van der Waals surface area contributed by atoms with E-state index in [0.29, 0.717) is 0 Å². The zero-order valence-electron chi connectivity index (χ0n) is 9.62. The van der Waals surface area contributed by atoms with Crippen molar-refractivity contribution >= 4 is 11.0 Å². The fourth-order valence-electron chi connectivity index (χ4n) is 1.88. The summed E-state index contributed by atoms with van der Waals surface area (Å²) in [5, 5.41) is 4.42. The number of hydrogen-bond acceptors (Lipinski definition) is 4. The zero-order valence-corrected chi connectivity index (χ0v) is 9.62. The Balaban J connectivity index is 2.34. The predicted molar refractivity (Wildman–Crippen MR) is 63.9 cm³/mol. The standard InChI is InChI=1S/C12H11N5/c1-8-6-9(2)17(16-8)12-11-10(14-7-15-12)4-3-5-13-11/h3-7H,1-2H3. The normalized spacial score (nSPS) is 10.9. The van der Waals surface area contributed by atoms with Crippen molar-refractivity contribution in [1.29, 1.82) is 0 Å². The lowest BCUT2D eigenvalue weighted by Crippen LogP contribution is -2.04. The molecular formula is C12H11N5. The minimum Gasteiger partial charge on any atom is -0.251 e. The monoisotopic (exact) mass is 225 g/mol. The Kier molecular flexibility index (Phi) is 2.11. The summed E-state index contributed by atoms with van der Waals surface area (Å²) in [6, 6.07) is 5.79. The number of nitrogens with zero attached hydrogens (tertiary/aromatic N) is 5. The van der Waals surface area contributed by atoms with Crippen molar-refractivity contribution in [2.45, 2.75) is 13.8 Å². The van der Waals surface area contributed by atoms with Gasteiger partial charge >= 0.3 is 0 Å². The maximum atomic E-state index is 4.42. The lowest BCUT2D eigenvalue weighted by molar-refractivity contribution is 0.807. The highest BCUT2D eigenvalue weighted by Gasteiger charge is 2.10. The number of fused-ring (bicyclic) bond motifs is 1. The van der Waals surface area contributed by atoms with Gasteiger partial charge in [0.25, 0.3) is 0 Å². The molecule has 5 heteroatoms. The molecule has 0 spiro atoms. The van der Waals surface area contributed by atoms with Gasteiger partial charge in [0, 0.05) is 11.9 Å². The van der Waals surface area contributed by atoms with Gasteiger partial charge in [-0.3, -0.25) is 4.98 Å². The average Bonchev–Trinajstić information content (AvgIpc) is 2.68. The highest BCUT2D eigenvalue weighted by Crippen LogP contribution is 2.16. The van der Waals surface area contributed by atoms with Gasteiger partial charge in [-0.1, -0.05) is 0 Å². The molecule has 5 nitrogen and oxygen atoms in total. The first-order valence-corrected chi connectivity index (χ1v) is 5.35. The van der Waals surface area contributed by atoms with Crippen molar-refractivity contribution in [3.8, 4) is 5.82 Å². The molecule has 0 amide bonds. The molecule has 0 saturated heterocycles. The summed E-state index contributed by atoms with van der Waals surface area (Å²) in [5.74, 6) is 0.723. The molecule has 3 aromatic rings. The molecule has 0 radical (unpaired) electrons. The number of pyridine rings is 1. The van der Waals surface area contributed by atoms with Crippen LogP contribution in [0.25, 0.3) is 16.9 Å². The van der Waals surface area contributed by atoms with Gasteiger partial charge in [-0.05, 0) is 32.0 Å². The van der Waals surface area contributed by atoms with E-state index in [-0.39, 0.29) is 0 Å². The second-order valence-electron chi connectivity index (χ2n) is 3.91. The Hall–Kier alpha value is -2.30. The molecule has 3 aromatic heterocycles. The van der Waals surface area contributed by atoms with Crippen molar-refractivity contribution in [2.24, 2.45) is 0 Å². The quantitative estimate of drug-likeness (QED) is 0.634. The molecule has 0 unspecified atom stereocenters. The third-order valence-electron chi connectivity index (χ3n) is 2.59. The van der Waals surface area contributed by atoms with Gasteiger partial charge in [0.2, 0.25) is 0 Å². The Morgan fingerprint density at radius 1 is 1.12 bits per heavy atom. The molecule has 0 bridgehead atoms. The number of aryl methyl sites for hydroxylation is 2. The molecule has 84 valence electrons. The van der Waals surface area contributed by atoms with Gasteiger partial charge in [0.05, 0.1) is 11.2 Å². The van der Waals surface area contributed by atoms with Crippen LogP contribution in [0.4, 0.5) is 0 Å². The minimum atomic E-state index is 0.723. The molecule has 17 heavy (non-hydrogen) atoms. The molecule has 0 N–H and O–H groups in total. The van der Waals surface area contributed by atoms with E-state index in [2.05, 4.69) is 20.1 Å². The average molecular weight is 225 g/mol. The van der Waals surface area contributed by atoms with Crippen LogP contribution in [0.3, 0.4) is 0 Å². The third-order valence-corrected chi connectivity index (χ3v) is 2.59. The van der Waals surface area contributed by atoms with Crippen LogP contribution in [-0.4, -0.2) is 24.7 Å². The number of hydrogen-bond donors (Lipinski definition) is 0. The van der Waals surface area contributed by atoms with E-state index < -0.39 is 0 Å². The summed E-state index contributed by atoms with van der Waals surface area (Å²) < 4.78 is 1.80. The van der Waals surface area contributed by atoms with E-state index in [9.17, 15) is 0 Å².